The zero-order chi connectivity index (χ0) is 40.0. The van der Waals surface area contributed by atoms with Crippen LogP contribution in [-0.4, -0.2) is 18.8 Å². The van der Waals surface area contributed by atoms with Crippen LogP contribution in [-0.2, 0) is 5.41 Å². The van der Waals surface area contributed by atoms with E-state index in [-0.39, 0.29) is 5.41 Å². The second kappa shape index (κ2) is 13.8. The summed E-state index contributed by atoms with van der Waals surface area (Å²) in [5.74, 6) is 3.03. The Morgan fingerprint density at radius 2 is 1.10 bits per heavy atom. The van der Waals surface area contributed by atoms with Crippen LogP contribution in [0.5, 0.6) is 0 Å². The number of fused-ring (bicyclic) bond motifs is 11. The van der Waals surface area contributed by atoms with Crippen LogP contribution in [0.2, 0.25) is 0 Å². The molecule has 3 heteroatoms. The molecule has 1 aromatic heterocycles. The molecule has 5 atom stereocenters. The Hall–Kier alpha value is -5.51. The third-order valence-corrected chi connectivity index (χ3v) is 16.0. The first-order valence-corrected chi connectivity index (χ1v) is 24.5. The van der Waals surface area contributed by atoms with Crippen molar-refractivity contribution in [3.8, 4) is 33.4 Å². The minimum absolute atomic E-state index is 0.115. The zero-order valence-corrected chi connectivity index (χ0v) is 35.7. The lowest BCUT2D eigenvalue weighted by Crippen LogP contribution is -2.49. The largest absolute Gasteiger partial charge is 0.456 e. The van der Waals surface area contributed by atoms with E-state index >= 15 is 0 Å². The molecule has 1 spiro atoms. The Bertz CT molecular complexity index is 2860. The normalized spacial score (nSPS) is 22.4. The van der Waals surface area contributed by atoms with Crippen molar-refractivity contribution >= 4 is 49.0 Å². The first-order chi connectivity index (χ1) is 28.6. The summed E-state index contributed by atoms with van der Waals surface area (Å²) in [6.45, 7) is 5.05. The second-order valence-electron chi connectivity index (χ2n) is 18.8. The number of nitrogens with zero attached hydrogens (tertiary/aromatic N) is 1. The van der Waals surface area contributed by atoms with E-state index in [1.165, 1.54) is 64.0 Å². The summed E-state index contributed by atoms with van der Waals surface area (Å²) in [5, 5.41) is 2.28. The average molecular weight is 788 g/mol. The molecule has 0 radical (unpaired) electrons. The van der Waals surface area contributed by atoms with E-state index in [9.17, 15) is 0 Å². The summed E-state index contributed by atoms with van der Waals surface area (Å²) in [6.07, 6.45) is 12.5. The molecule has 5 unspecified atom stereocenters. The van der Waals surface area contributed by atoms with E-state index in [1.807, 2.05) is 0 Å². The Balaban J connectivity index is 0.976. The van der Waals surface area contributed by atoms with Gasteiger partial charge in [0.05, 0.1) is 0 Å². The van der Waals surface area contributed by atoms with Crippen LogP contribution in [0.15, 0.2) is 167 Å². The summed E-state index contributed by atoms with van der Waals surface area (Å²) < 4.78 is 6.80. The van der Waals surface area contributed by atoms with Gasteiger partial charge in [-0.1, -0.05) is 98.8 Å². The highest BCUT2D eigenvalue weighted by atomic mass is 32.3. The number of furan rings is 1. The van der Waals surface area contributed by atoms with Crippen LogP contribution >= 0.6 is 10.0 Å². The third-order valence-electron chi connectivity index (χ3n) is 14.4. The van der Waals surface area contributed by atoms with Gasteiger partial charge in [0, 0.05) is 39.3 Å². The smallest absolute Gasteiger partial charge is 0.137 e. The monoisotopic (exact) mass is 787 g/mol. The molecule has 294 valence electrons. The molecule has 0 aliphatic heterocycles. The first-order valence-electron chi connectivity index (χ1n) is 21.6. The molecule has 0 saturated heterocycles. The number of benzene rings is 7. The van der Waals surface area contributed by atoms with Crippen molar-refractivity contribution in [2.24, 2.45) is 23.7 Å². The van der Waals surface area contributed by atoms with E-state index in [0.29, 0.717) is 11.8 Å². The number of hydrogen-bond acceptors (Lipinski definition) is 2. The summed E-state index contributed by atoms with van der Waals surface area (Å²) in [6, 6.07) is 59.0. The Labute approximate surface area is 351 Å². The SMILES string of the molecule is CC1CC2CC(C)C3(c4ccccc4-c4cc(-c5ccc6c(c5)oc5cc(N(c7ccc(-c8ccccc8)cc7)c7ccc(S(C)(C)C)cc7)ccc56)ccc43)C(C1)C2. The van der Waals surface area contributed by atoms with Crippen LogP contribution in [0.25, 0.3) is 55.3 Å². The molecular weight excluding hydrogens is 735 g/mol. The maximum atomic E-state index is 6.80. The molecule has 2 saturated carbocycles. The highest BCUT2D eigenvalue weighted by Crippen LogP contribution is 2.64. The third kappa shape index (κ3) is 5.91. The van der Waals surface area contributed by atoms with Crippen LogP contribution in [0.4, 0.5) is 17.1 Å². The second-order valence-corrected chi connectivity index (χ2v) is 22.9. The van der Waals surface area contributed by atoms with Crippen molar-refractivity contribution in [1.82, 2.24) is 0 Å². The van der Waals surface area contributed by atoms with Crippen LogP contribution < -0.4 is 4.90 Å². The molecule has 2 bridgehead atoms. The van der Waals surface area contributed by atoms with Gasteiger partial charge in [-0.05, 0) is 184 Å². The average Bonchev–Trinajstić information content (AvgIpc) is 3.76. The van der Waals surface area contributed by atoms with Crippen LogP contribution in [0.3, 0.4) is 0 Å². The van der Waals surface area contributed by atoms with Gasteiger partial charge in [0.25, 0.3) is 0 Å². The summed E-state index contributed by atoms with van der Waals surface area (Å²) in [7, 11) is -0.842. The van der Waals surface area contributed by atoms with Crippen molar-refractivity contribution in [2.45, 2.75) is 49.8 Å². The molecule has 0 N–H and O–H groups in total. The van der Waals surface area contributed by atoms with Crippen molar-refractivity contribution < 1.29 is 4.42 Å². The highest BCUT2D eigenvalue weighted by molar-refractivity contribution is 8.32. The van der Waals surface area contributed by atoms with E-state index in [4.69, 9.17) is 4.42 Å². The summed E-state index contributed by atoms with van der Waals surface area (Å²) in [4.78, 5) is 3.75. The molecule has 3 aliphatic rings. The standard InChI is InChI=1S/C56H53NOS/c1-36-29-38-31-37(2)56(43(30-36)32-38)52-14-10-9-13-48(52)51-33-41(18-28-53(51)56)42-17-26-49-50-27-23-46(35-55(50)58-54(49)34-42)57(45-21-24-47(25-22-45)59(3,4)5)44-19-15-40(16-20-44)39-11-7-6-8-12-39/h6-28,33-38,43H,29-32H2,1-5H3. The quantitative estimate of drug-likeness (QED) is 0.167. The maximum Gasteiger partial charge on any atom is 0.137 e. The molecule has 8 aromatic rings. The zero-order valence-electron chi connectivity index (χ0n) is 34.9. The number of anilines is 3. The first kappa shape index (κ1) is 36.6. The molecule has 2 fully saturated rings. The Morgan fingerprint density at radius 1 is 0.508 bits per heavy atom. The molecule has 59 heavy (non-hydrogen) atoms. The minimum atomic E-state index is -0.842. The Morgan fingerprint density at radius 3 is 1.86 bits per heavy atom. The van der Waals surface area contributed by atoms with Gasteiger partial charge in [0.15, 0.2) is 0 Å². The molecule has 7 aromatic carbocycles. The fourth-order valence-corrected chi connectivity index (χ4v) is 12.8. The lowest BCUT2D eigenvalue weighted by molar-refractivity contribution is 0.0426. The van der Waals surface area contributed by atoms with Crippen molar-refractivity contribution in [3.05, 3.63) is 169 Å². The van der Waals surface area contributed by atoms with Gasteiger partial charge >= 0.3 is 0 Å². The lowest BCUT2D eigenvalue weighted by atomic mass is 9.49. The minimum Gasteiger partial charge on any atom is -0.456 e. The molecule has 0 amide bonds. The van der Waals surface area contributed by atoms with Gasteiger partial charge in [-0.15, -0.1) is 0 Å². The number of hydrogen-bond donors (Lipinski definition) is 0. The number of rotatable bonds is 6. The van der Waals surface area contributed by atoms with Gasteiger partial charge in [0.2, 0.25) is 0 Å². The highest BCUT2D eigenvalue weighted by Gasteiger charge is 2.56. The molecule has 2 nitrogen and oxygen atoms in total. The topological polar surface area (TPSA) is 16.4 Å². The molecular formula is C56H53NOS. The molecule has 11 rings (SSSR count). The fraction of sp³-hybridized carbons (Fsp3) is 0.250. The predicted octanol–water partition coefficient (Wildman–Crippen LogP) is 15.8. The van der Waals surface area contributed by atoms with Gasteiger partial charge in [-0.3, -0.25) is 0 Å². The van der Waals surface area contributed by atoms with Crippen molar-refractivity contribution in [2.75, 3.05) is 23.7 Å². The van der Waals surface area contributed by atoms with Gasteiger partial charge < -0.3 is 9.32 Å². The van der Waals surface area contributed by atoms with E-state index in [2.05, 4.69) is 195 Å². The van der Waals surface area contributed by atoms with E-state index in [1.54, 1.807) is 11.1 Å². The van der Waals surface area contributed by atoms with E-state index in [0.717, 1.165) is 50.8 Å². The lowest BCUT2D eigenvalue weighted by Gasteiger charge is -2.54. The van der Waals surface area contributed by atoms with Crippen LogP contribution in [0, 0.1) is 23.7 Å². The van der Waals surface area contributed by atoms with Crippen molar-refractivity contribution in [1.29, 1.82) is 0 Å². The van der Waals surface area contributed by atoms with Gasteiger partial charge in [-0.25, -0.2) is 10.0 Å². The summed E-state index contributed by atoms with van der Waals surface area (Å²) >= 11 is 0. The maximum absolute atomic E-state index is 6.80. The fourth-order valence-electron chi connectivity index (χ4n) is 11.9. The Kier molecular flexibility index (Phi) is 8.54. The predicted molar refractivity (Wildman–Crippen MR) is 253 cm³/mol. The van der Waals surface area contributed by atoms with Gasteiger partial charge in [-0.2, -0.15) is 0 Å². The van der Waals surface area contributed by atoms with Crippen LogP contribution in [0.1, 0.15) is 50.7 Å². The molecule has 3 aliphatic carbocycles. The van der Waals surface area contributed by atoms with E-state index < -0.39 is 10.0 Å². The van der Waals surface area contributed by atoms with Gasteiger partial charge in [0.1, 0.15) is 11.2 Å². The molecule has 1 heterocycles. The summed E-state index contributed by atoms with van der Waals surface area (Å²) in [5.41, 5.74) is 16.1. The van der Waals surface area contributed by atoms with Crippen molar-refractivity contribution in [3.63, 3.8) is 0 Å².